The Morgan fingerprint density at radius 2 is 2.14 bits per heavy atom. The molecule has 0 spiro atoms. The molecule has 2 bridgehead atoms. The third kappa shape index (κ3) is 1.82. The molecule has 2 aliphatic rings. The lowest BCUT2D eigenvalue weighted by Crippen LogP contribution is -2.41. The molecule has 0 aromatic rings. The number of aliphatic hydroxyl groups is 1. The van der Waals surface area contributed by atoms with Crippen LogP contribution in [0.15, 0.2) is 0 Å². The first-order valence-corrected chi connectivity index (χ1v) is 5.87. The second-order valence-corrected chi connectivity index (χ2v) is 5.67. The van der Waals surface area contributed by atoms with Gasteiger partial charge in [0.05, 0.1) is 17.8 Å². The molecule has 82 valence electrons. The van der Waals surface area contributed by atoms with E-state index >= 15 is 0 Å². The van der Waals surface area contributed by atoms with Crippen LogP contribution in [0.5, 0.6) is 0 Å². The molecular formula is C12H22O2. The summed E-state index contributed by atoms with van der Waals surface area (Å²) in [6.07, 6.45) is 5.12. The number of fused-ring (bicyclic) bond motifs is 2. The third-order valence-electron chi connectivity index (χ3n) is 3.73. The highest BCUT2D eigenvalue weighted by Gasteiger charge is 2.48. The van der Waals surface area contributed by atoms with E-state index in [1.807, 2.05) is 6.92 Å². The summed E-state index contributed by atoms with van der Waals surface area (Å²) in [5, 5.41) is 10.4. The van der Waals surface area contributed by atoms with Gasteiger partial charge < -0.3 is 9.84 Å². The predicted octanol–water partition coefficient (Wildman–Crippen LogP) is 2.35. The lowest BCUT2D eigenvalue weighted by molar-refractivity contribution is -0.0454. The topological polar surface area (TPSA) is 29.5 Å². The summed E-state index contributed by atoms with van der Waals surface area (Å²) in [4.78, 5) is 0. The summed E-state index contributed by atoms with van der Waals surface area (Å²) < 4.78 is 5.79. The van der Waals surface area contributed by atoms with Crippen LogP contribution in [0.1, 0.15) is 46.5 Å². The Morgan fingerprint density at radius 1 is 1.43 bits per heavy atom. The smallest absolute Gasteiger partial charge is 0.0675 e. The minimum Gasteiger partial charge on any atom is -0.390 e. The maximum absolute atomic E-state index is 10.4. The van der Waals surface area contributed by atoms with Crippen molar-refractivity contribution < 1.29 is 9.84 Å². The van der Waals surface area contributed by atoms with Crippen molar-refractivity contribution in [1.29, 1.82) is 0 Å². The van der Waals surface area contributed by atoms with Crippen LogP contribution >= 0.6 is 0 Å². The Morgan fingerprint density at radius 3 is 2.57 bits per heavy atom. The molecule has 0 aromatic carbocycles. The molecule has 0 aliphatic carbocycles. The van der Waals surface area contributed by atoms with Crippen molar-refractivity contribution >= 4 is 0 Å². The monoisotopic (exact) mass is 198 g/mol. The lowest BCUT2D eigenvalue weighted by Gasteiger charge is -2.35. The second-order valence-electron chi connectivity index (χ2n) is 5.67. The zero-order valence-electron chi connectivity index (χ0n) is 9.49. The zero-order chi connectivity index (χ0) is 10.3. The Balaban J connectivity index is 2.00. The maximum Gasteiger partial charge on any atom is 0.0675 e. The summed E-state index contributed by atoms with van der Waals surface area (Å²) in [5.41, 5.74) is -0.520. The van der Waals surface area contributed by atoms with E-state index in [0.29, 0.717) is 24.0 Å². The fourth-order valence-electron chi connectivity index (χ4n) is 3.27. The van der Waals surface area contributed by atoms with Crippen LogP contribution < -0.4 is 0 Å². The molecule has 2 heteroatoms. The fraction of sp³-hybridized carbons (Fsp3) is 1.00. The van der Waals surface area contributed by atoms with Gasteiger partial charge in [-0.05, 0) is 38.5 Å². The van der Waals surface area contributed by atoms with Crippen molar-refractivity contribution in [3.63, 3.8) is 0 Å². The first kappa shape index (κ1) is 10.4. The standard InChI is InChI=1S/C12H22O2/c1-8(2)7-12(3,13)10-6-9-4-5-11(10)14-9/h8-11,13H,4-7H2,1-3H3. The Hall–Kier alpha value is -0.0800. The molecule has 2 nitrogen and oxygen atoms in total. The minimum atomic E-state index is -0.520. The van der Waals surface area contributed by atoms with Crippen LogP contribution in [0.25, 0.3) is 0 Å². The average molecular weight is 198 g/mol. The van der Waals surface area contributed by atoms with Crippen molar-refractivity contribution in [3.8, 4) is 0 Å². The quantitative estimate of drug-likeness (QED) is 0.754. The summed E-state index contributed by atoms with van der Waals surface area (Å²) in [5.74, 6) is 0.938. The number of ether oxygens (including phenoxy) is 1. The van der Waals surface area contributed by atoms with E-state index in [1.165, 1.54) is 6.42 Å². The molecular weight excluding hydrogens is 176 g/mol. The van der Waals surface area contributed by atoms with Crippen LogP contribution in [0.3, 0.4) is 0 Å². The summed E-state index contributed by atoms with van der Waals surface area (Å²) >= 11 is 0. The van der Waals surface area contributed by atoms with Crippen LogP contribution in [0.2, 0.25) is 0 Å². The molecule has 1 N–H and O–H groups in total. The lowest BCUT2D eigenvalue weighted by atomic mass is 9.74. The van der Waals surface area contributed by atoms with Crippen molar-refractivity contribution in [2.45, 2.75) is 64.3 Å². The van der Waals surface area contributed by atoms with E-state index in [4.69, 9.17) is 4.74 Å². The molecule has 0 saturated carbocycles. The summed E-state index contributed by atoms with van der Waals surface area (Å²) in [6, 6.07) is 0. The fourth-order valence-corrected chi connectivity index (χ4v) is 3.27. The van der Waals surface area contributed by atoms with Crippen LogP contribution in [0, 0.1) is 11.8 Å². The van der Waals surface area contributed by atoms with Gasteiger partial charge in [-0.3, -0.25) is 0 Å². The molecule has 4 unspecified atom stereocenters. The highest BCUT2D eigenvalue weighted by atomic mass is 16.5. The predicted molar refractivity (Wildman–Crippen MR) is 56.1 cm³/mol. The molecule has 0 radical (unpaired) electrons. The molecule has 14 heavy (non-hydrogen) atoms. The highest BCUT2D eigenvalue weighted by molar-refractivity contribution is 4.98. The van der Waals surface area contributed by atoms with Gasteiger partial charge in [0.25, 0.3) is 0 Å². The normalized spacial score (nSPS) is 40.5. The first-order chi connectivity index (χ1) is 6.49. The van der Waals surface area contributed by atoms with E-state index in [2.05, 4.69) is 13.8 Å². The van der Waals surface area contributed by atoms with Gasteiger partial charge in [-0.25, -0.2) is 0 Å². The Kier molecular flexibility index (Phi) is 2.61. The molecule has 0 amide bonds. The van der Waals surface area contributed by atoms with Crippen LogP contribution in [-0.2, 0) is 4.74 Å². The molecule has 2 fully saturated rings. The average Bonchev–Trinajstić information content (AvgIpc) is 2.60. The van der Waals surface area contributed by atoms with Crippen molar-refractivity contribution in [3.05, 3.63) is 0 Å². The van der Waals surface area contributed by atoms with E-state index in [0.717, 1.165) is 19.3 Å². The molecule has 0 aromatic heterocycles. The number of hydrogen-bond donors (Lipinski definition) is 1. The van der Waals surface area contributed by atoms with Gasteiger partial charge in [0, 0.05) is 5.92 Å². The van der Waals surface area contributed by atoms with Crippen molar-refractivity contribution in [2.75, 3.05) is 0 Å². The summed E-state index contributed by atoms with van der Waals surface area (Å²) in [6.45, 7) is 6.33. The molecule has 2 aliphatic heterocycles. The molecule has 2 rings (SSSR count). The Labute approximate surface area is 86.6 Å². The van der Waals surface area contributed by atoms with Crippen LogP contribution in [-0.4, -0.2) is 22.9 Å². The highest BCUT2D eigenvalue weighted by Crippen LogP contribution is 2.45. The maximum atomic E-state index is 10.4. The second kappa shape index (κ2) is 3.49. The third-order valence-corrected chi connectivity index (χ3v) is 3.73. The van der Waals surface area contributed by atoms with Gasteiger partial charge >= 0.3 is 0 Å². The zero-order valence-corrected chi connectivity index (χ0v) is 9.49. The molecule has 4 atom stereocenters. The number of hydrogen-bond acceptors (Lipinski definition) is 2. The van der Waals surface area contributed by atoms with Gasteiger partial charge in [0.2, 0.25) is 0 Å². The van der Waals surface area contributed by atoms with Gasteiger partial charge in [-0.15, -0.1) is 0 Å². The van der Waals surface area contributed by atoms with E-state index in [1.54, 1.807) is 0 Å². The van der Waals surface area contributed by atoms with Gasteiger partial charge in [-0.1, -0.05) is 13.8 Å². The van der Waals surface area contributed by atoms with E-state index < -0.39 is 5.60 Å². The number of rotatable bonds is 3. The Bertz CT molecular complexity index is 210. The van der Waals surface area contributed by atoms with Gasteiger partial charge in [-0.2, -0.15) is 0 Å². The van der Waals surface area contributed by atoms with E-state index in [9.17, 15) is 5.11 Å². The minimum absolute atomic E-state index is 0.341. The molecule has 2 saturated heterocycles. The largest absolute Gasteiger partial charge is 0.390 e. The van der Waals surface area contributed by atoms with E-state index in [-0.39, 0.29) is 0 Å². The van der Waals surface area contributed by atoms with Crippen LogP contribution in [0.4, 0.5) is 0 Å². The summed E-state index contributed by atoms with van der Waals surface area (Å²) in [7, 11) is 0. The van der Waals surface area contributed by atoms with Gasteiger partial charge in [0.1, 0.15) is 0 Å². The SMILES string of the molecule is CC(C)CC(C)(O)C1CC2CCC1O2. The molecule has 2 heterocycles. The van der Waals surface area contributed by atoms with Crippen molar-refractivity contribution in [2.24, 2.45) is 11.8 Å². The first-order valence-electron chi connectivity index (χ1n) is 5.87. The van der Waals surface area contributed by atoms with Gasteiger partial charge in [0.15, 0.2) is 0 Å². The van der Waals surface area contributed by atoms with Crippen molar-refractivity contribution in [1.82, 2.24) is 0 Å².